The van der Waals surface area contributed by atoms with Crippen LogP contribution in [0.25, 0.3) is 28.1 Å². The van der Waals surface area contributed by atoms with Crippen molar-refractivity contribution in [2.75, 3.05) is 19.5 Å². The van der Waals surface area contributed by atoms with Gasteiger partial charge in [0.15, 0.2) is 0 Å². The second kappa shape index (κ2) is 11.5. The van der Waals surface area contributed by atoms with Crippen molar-refractivity contribution in [3.8, 4) is 23.0 Å². The topological polar surface area (TPSA) is 73.6 Å². The summed E-state index contributed by atoms with van der Waals surface area (Å²) in [7, 11) is 3.40. The van der Waals surface area contributed by atoms with Crippen molar-refractivity contribution in [3.63, 3.8) is 0 Å². The third-order valence-corrected chi connectivity index (χ3v) is 8.13. The van der Waals surface area contributed by atoms with Crippen LogP contribution in [-0.2, 0) is 4.74 Å². The Morgan fingerprint density at radius 3 is 2.50 bits per heavy atom. The number of rotatable bonds is 6. The molecule has 7 nitrogen and oxygen atoms in total. The van der Waals surface area contributed by atoms with Gasteiger partial charge in [-0.05, 0) is 80.3 Å². The van der Waals surface area contributed by atoms with E-state index in [4.69, 9.17) is 42.7 Å². The predicted molar refractivity (Wildman–Crippen MR) is 160 cm³/mol. The van der Waals surface area contributed by atoms with Crippen molar-refractivity contribution in [2.24, 2.45) is 4.99 Å². The van der Waals surface area contributed by atoms with Gasteiger partial charge in [-0.3, -0.25) is 4.99 Å². The van der Waals surface area contributed by atoms with Crippen molar-refractivity contribution in [1.29, 1.82) is 0 Å². The lowest BCUT2D eigenvalue weighted by Gasteiger charge is -2.25. The SMILES string of the molecule is COc1ncccc1Nc1cc2nc3ccccc3n(-c3ccc(Cl)c(Cl)c3)c-2c/c1=N\C1CCC(OC)CC1. The Kier molecular flexibility index (Phi) is 7.61. The second-order valence-corrected chi connectivity index (χ2v) is 10.7. The number of anilines is 2. The average molecular weight is 575 g/mol. The van der Waals surface area contributed by atoms with E-state index < -0.39 is 0 Å². The highest BCUT2D eigenvalue weighted by molar-refractivity contribution is 6.42. The molecule has 0 radical (unpaired) electrons. The summed E-state index contributed by atoms with van der Waals surface area (Å²) in [6.45, 7) is 0. The van der Waals surface area contributed by atoms with E-state index in [1.54, 1.807) is 20.4 Å². The Hall–Kier alpha value is -3.65. The molecule has 0 saturated heterocycles. The van der Waals surface area contributed by atoms with Crippen molar-refractivity contribution < 1.29 is 9.47 Å². The van der Waals surface area contributed by atoms with Crippen LogP contribution in [0.15, 0.2) is 77.9 Å². The third-order valence-electron chi connectivity index (χ3n) is 7.39. The minimum absolute atomic E-state index is 0.187. The Morgan fingerprint density at radius 1 is 0.900 bits per heavy atom. The Balaban J connectivity index is 1.59. The molecule has 2 heterocycles. The van der Waals surface area contributed by atoms with Gasteiger partial charge in [-0.15, -0.1) is 0 Å². The molecule has 0 amide bonds. The van der Waals surface area contributed by atoms with E-state index in [-0.39, 0.29) is 6.04 Å². The number of para-hydroxylation sites is 2. The number of benzene rings is 3. The maximum Gasteiger partial charge on any atom is 0.237 e. The fourth-order valence-electron chi connectivity index (χ4n) is 5.35. The van der Waals surface area contributed by atoms with E-state index in [1.165, 1.54) is 0 Å². The van der Waals surface area contributed by atoms with Gasteiger partial charge in [0.2, 0.25) is 5.88 Å². The smallest absolute Gasteiger partial charge is 0.237 e. The number of fused-ring (bicyclic) bond motifs is 2. The molecule has 0 bridgehead atoms. The van der Waals surface area contributed by atoms with Crippen LogP contribution in [-0.4, -0.2) is 40.9 Å². The fraction of sp³-hybridized carbons (Fsp3) is 0.258. The quantitative estimate of drug-likeness (QED) is 0.214. The molecule has 2 aromatic carbocycles. The third kappa shape index (κ3) is 5.24. The van der Waals surface area contributed by atoms with E-state index >= 15 is 0 Å². The summed E-state index contributed by atoms with van der Waals surface area (Å²) in [6.07, 6.45) is 5.93. The van der Waals surface area contributed by atoms with Crippen LogP contribution in [0.5, 0.6) is 5.88 Å². The first-order valence-corrected chi connectivity index (χ1v) is 14.0. The molecule has 1 fully saturated rings. The van der Waals surface area contributed by atoms with Gasteiger partial charge >= 0.3 is 0 Å². The highest BCUT2D eigenvalue weighted by atomic mass is 35.5. The minimum atomic E-state index is 0.187. The van der Waals surface area contributed by atoms with E-state index in [1.807, 2.05) is 54.6 Å². The maximum atomic E-state index is 6.48. The molecule has 0 unspecified atom stereocenters. The van der Waals surface area contributed by atoms with Crippen molar-refractivity contribution in [3.05, 3.63) is 88.3 Å². The fourth-order valence-corrected chi connectivity index (χ4v) is 5.64. The largest absolute Gasteiger partial charge is 0.480 e. The lowest BCUT2D eigenvalue weighted by Crippen LogP contribution is -2.25. The first-order chi connectivity index (χ1) is 19.5. The number of ether oxygens (including phenoxy) is 2. The van der Waals surface area contributed by atoms with Gasteiger partial charge in [0, 0.05) is 19.0 Å². The average Bonchev–Trinajstić information content (AvgIpc) is 2.98. The van der Waals surface area contributed by atoms with Crippen LogP contribution in [0.3, 0.4) is 0 Å². The Labute approximate surface area is 242 Å². The molecule has 3 aromatic rings. The van der Waals surface area contributed by atoms with Gasteiger partial charge in [-0.2, -0.15) is 0 Å². The molecular formula is C31H29Cl2N5O2. The first kappa shape index (κ1) is 26.6. The molecule has 40 heavy (non-hydrogen) atoms. The molecule has 1 N–H and O–H groups in total. The second-order valence-electron chi connectivity index (χ2n) is 9.87. The number of nitrogens with one attached hydrogen (secondary N) is 1. The monoisotopic (exact) mass is 573 g/mol. The summed E-state index contributed by atoms with van der Waals surface area (Å²) in [4.78, 5) is 14.7. The summed E-state index contributed by atoms with van der Waals surface area (Å²) in [5.74, 6) is 0.506. The van der Waals surface area contributed by atoms with Crippen LogP contribution in [0.1, 0.15) is 25.7 Å². The van der Waals surface area contributed by atoms with Crippen molar-refractivity contribution >= 4 is 45.6 Å². The molecule has 6 rings (SSSR count). The number of hydrogen-bond acceptors (Lipinski definition) is 6. The molecule has 1 saturated carbocycles. The van der Waals surface area contributed by atoms with Crippen molar-refractivity contribution in [2.45, 2.75) is 37.8 Å². The zero-order valence-electron chi connectivity index (χ0n) is 22.3. The maximum absolute atomic E-state index is 6.48. The minimum Gasteiger partial charge on any atom is -0.480 e. The molecule has 2 aliphatic carbocycles. The standard InChI is InChI=1S/C31H29Cl2N5O2/c1-39-21-12-9-19(10-13-21)35-27-18-30-28(17-26(27)37-25-7-5-15-34-31(25)40-2)36-24-6-3-4-8-29(24)38(30)20-11-14-22(32)23(33)16-20/h3-8,11,14-19,21,37H,9-10,12-13H2,1-2H3/b35-27+. The van der Waals surface area contributed by atoms with Gasteiger partial charge in [0.05, 0.1) is 62.8 Å². The molecule has 204 valence electrons. The van der Waals surface area contributed by atoms with E-state index in [2.05, 4.69) is 27.0 Å². The van der Waals surface area contributed by atoms with Crippen LogP contribution in [0.4, 0.5) is 11.4 Å². The van der Waals surface area contributed by atoms with Crippen LogP contribution in [0.2, 0.25) is 10.0 Å². The molecule has 0 atom stereocenters. The summed E-state index contributed by atoms with van der Waals surface area (Å²) in [5, 5.41) is 5.36. The number of pyridine rings is 1. The molecule has 0 spiro atoms. The molecule has 1 aliphatic heterocycles. The number of aromatic nitrogens is 3. The highest BCUT2D eigenvalue weighted by Gasteiger charge is 2.22. The normalized spacial score (nSPS) is 17.9. The van der Waals surface area contributed by atoms with Crippen LogP contribution < -0.4 is 15.4 Å². The van der Waals surface area contributed by atoms with Crippen LogP contribution >= 0.6 is 23.2 Å². The highest BCUT2D eigenvalue weighted by Crippen LogP contribution is 2.34. The van der Waals surface area contributed by atoms with E-state index in [0.717, 1.165) is 70.5 Å². The Bertz CT molecular complexity index is 1710. The zero-order chi connectivity index (χ0) is 27.6. The van der Waals surface area contributed by atoms with Gasteiger partial charge in [0.1, 0.15) is 5.69 Å². The van der Waals surface area contributed by atoms with E-state index in [9.17, 15) is 0 Å². The van der Waals surface area contributed by atoms with Gasteiger partial charge in [-0.1, -0.05) is 35.3 Å². The van der Waals surface area contributed by atoms with Crippen molar-refractivity contribution in [1.82, 2.24) is 14.5 Å². The first-order valence-electron chi connectivity index (χ1n) is 13.3. The molecule has 1 aromatic heterocycles. The lowest BCUT2D eigenvalue weighted by atomic mass is 9.93. The molecule has 9 heteroatoms. The lowest BCUT2D eigenvalue weighted by molar-refractivity contribution is 0.0663. The molecule has 3 aliphatic rings. The van der Waals surface area contributed by atoms with Crippen LogP contribution in [0, 0.1) is 0 Å². The van der Waals surface area contributed by atoms with E-state index in [0.29, 0.717) is 22.0 Å². The number of hydrogen-bond donors (Lipinski definition) is 1. The summed E-state index contributed by atoms with van der Waals surface area (Å²) in [6, 6.07) is 21.9. The van der Waals surface area contributed by atoms with Gasteiger partial charge in [-0.25, -0.2) is 9.97 Å². The summed E-state index contributed by atoms with van der Waals surface area (Å²) >= 11 is 12.8. The number of nitrogens with zero attached hydrogens (tertiary/aromatic N) is 4. The predicted octanol–water partition coefficient (Wildman–Crippen LogP) is 7.44. The number of halogens is 2. The van der Waals surface area contributed by atoms with Gasteiger partial charge in [0.25, 0.3) is 0 Å². The summed E-state index contributed by atoms with van der Waals surface area (Å²) < 4.78 is 13.3. The zero-order valence-corrected chi connectivity index (χ0v) is 23.8. The Morgan fingerprint density at radius 2 is 1.73 bits per heavy atom. The summed E-state index contributed by atoms with van der Waals surface area (Å²) in [5.41, 5.74) is 5.99. The van der Waals surface area contributed by atoms with Gasteiger partial charge < -0.3 is 19.4 Å². The molecular weight excluding hydrogens is 545 g/mol. The number of methoxy groups -OCH3 is 2.